The van der Waals surface area contributed by atoms with E-state index in [1.165, 1.54) is 12.2 Å². The van der Waals surface area contributed by atoms with Crippen LogP contribution in [0.5, 0.6) is 0 Å². The molecule has 0 spiro atoms. The molecule has 66 valence electrons. The summed E-state index contributed by atoms with van der Waals surface area (Å²) in [6, 6.07) is 0. The second kappa shape index (κ2) is 5.29. The van der Waals surface area contributed by atoms with Gasteiger partial charge in [0.15, 0.2) is 0 Å². The topological polar surface area (TPSA) is 43.1 Å². The summed E-state index contributed by atoms with van der Waals surface area (Å²) < 4.78 is 0. The molecule has 0 unspecified atom stereocenters. The van der Waals surface area contributed by atoms with Gasteiger partial charge in [-0.15, -0.1) is 0 Å². The first-order valence-corrected chi connectivity index (χ1v) is 3.73. The van der Waals surface area contributed by atoms with Gasteiger partial charge in [-0.2, -0.15) is 0 Å². The minimum absolute atomic E-state index is 0.121. The lowest BCUT2D eigenvalue weighted by atomic mass is 10.2. The molecule has 0 aromatic carbocycles. The molecule has 12 heavy (non-hydrogen) atoms. The minimum atomic E-state index is -0.403. The average Bonchev–Trinajstić information content (AvgIpc) is 2.04. The Bertz CT molecular complexity index is 249. The Labute approximate surface area is 72.2 Å². The van der Waals surface area contributed by atoms with E-state index in [4.69, 9.17) is 0 Å². The molecular weight excluding hydrogens is 154 g/mol. The first-order valence-electron chi connectivity index (χ1n) is 3.73. The zero-order valence-electron chi connectivity index (χ0n) is 7.57. The lowest BCUT2D eigenvalue weighted by molar-refractivity contribution is -0.419. The highest BCUT2D eigenvalue weighted by molar-refractivity contribution is 5.22. The van der Waals surface area contributed by atoms with Crippen molar-refractivity contribution < 1.29 is 4.92 Å². The van der Waals surface area contributed by atoms with Crippen LogP contribution in [0.3, 0.4) is 0 Å². The molecule has 0 aromatic rings. The van der Waals surface area contributed by atoms with E-state index >= 15 is 0 Å². The monoisotopic (exact) mass is 167 g/mol. The van der Waals surface area contributed by atoms with Crippen molar-refractivity contribution in [2.24, 2.45) is 0 Å². The third-order valence-corrected chi connectivity index (χ3v) is 1.48. The molecule has 0 radical (unpaired) electrons. The summed E-state index contributed by atoms with van der Waals surface area (Å²) in [7, 11) is 0. The molecule has 0 bridgehead atoms. The summed E-state index contributed by atoms with van der Waals surface area (Å²) >= 11 is 0. The normalized spacial score (nSPS) is 13.9. The van der Waals surface area contributed by atoms with E-state index in [1.807, 2.05) is 19.9 Å². The van der Waals surface area contributed by atoms with Gasteiger partial charge in [0, 0.05) is 6.08 Å². The molecule has 0 aliphatic carbocycles. The molecule has 0 N–H and O–H groups in total. The third kappa shape index (κ3) is 3.71. The van der Waals surface area contributed by atoms with Crippen LogP contribution in [0.25, 0.3) is 0 Å². The van der Waals surface area contributed by atoms with Crippen LogP contribution in [-0.2, 0) is 0 Å². The van der Waals surface area contributed by atoms with Gasteiger partial charge in [0.1, 0.15) is 0 Å². The van der Waals surface area contributed by atoms with Gasteiger partial charge in [0.05, 0.1) is 4.92 Å². The summed E-state index contributed by atoms with van der Waals surface area (Å²) in [6.07, 6.45) is 6.58. The van der Waals surface area contributed by atoms with Gasteiger partial charge >= 0.3 is 0 Å². The van der Waals surface area contributed by atoms with Crippen molar-refractivity contribution in [1.29, 1.82) is 0 Å². The third-order valence-electron chi connectivity index (χ3n) is 1.48. The van der Waals surface area contributed by atoms with Crippen molar-refractivity contribution in [2.45, 2.75) is 20.8 Å². The summed E-state index contributed by atoms with van der Waals surface area (Å²) in [5, 5.41) is 10.3. The first-order chi connectivity index (χ1) is 5.61. The van der Waals surface area contributed by atoms with E-state index < -0.39 is 4.92 Å². The van der Waals surface area contributed by atoms with Gasteiger partial charge in [0.2, 0.25) is 0 Å². The summed E-state index contributed by atoms with van der Waals surface area (Å²) in [5.74, 6) is 0. The van der Waals surface area contributed by atoms with E-state index in [0.717, 1.165) is 5.57 Å². The Kier molecular flexibility index (Phi) is 4.69. The van der Waals surface area contributed by atoms with Crippen molar-refractivity contribution in [2.75, 3.05) is 0 Å². The van der Waals surface area contributed by atoms with E-state index in [1.54, 1.807) is 13.0 Å². The van der Waals surface area contributed by atoms with Crippen molar-refractivity contribution in [3.63, 3.8) is 0 Å². The Morgan fingerprint density at radius 1 is 1.25 bits per heavy atom. The molecule has 0 saturated carbocycles. The van der Waals surface area contributed by atoms with Gasteiger partial charge < -0.3 is 0 Å². The zero-order valence-corrected chi connectivity index (χ0v) is 7.57. The van der Waals surface area contributed by atoms with Gasteiger partial charge in [-0.25, -0.2) is 0 Å². The fraction of sp³-hybridized carbons (Fsp3) is 0.333. The number of hydrogen-bond donors (Lipinski definition) is 0. The second-order valence-corrected chi connectivity index (χ2v) is 2.34. The summed E-state index contributed by atoms with van der Waals surface area (Å²) in [5.41, 5.74) is 1.13. The highest BCUT2D eigenvalue weighted by Gasteiger charge is 2.01. The Hall–Kier alpha value is -1.38. The number of rotatable bonds is 3. The minimum Gasteiger partial charge on any atom is -0.258 e. The molecule has 0 atom stereocenters. The maximum absolute atomic E-state index is 10.3. The molecular formula is C9H13NO2. The SMILES string of the molecule is C\C=C(C)/C=C\C(=C/C)[N+](=O)[O-]. The van der Waals surface area contributed by atoms with Crippen LogP contribution in [0.1, 0.15) is 20.8 Å². The fourth-order valence-electron chi connectivity index (χ4n) is 0.576. The van der Waals surface area contributed by atoms with Crippen LogP contribution in [0.2, 0.25) is 0 Å². The number of nitro groups is 1. The molecule has 0 aromatic heterocycles. The number of allylic oxidation sites excluding steroid dienone is 5. The second-order valence-electron chi connectivity index (χ2n) is 2.34. The standard InChI is InChI=1S/C9H13NO2/c1-4-8(3)6-7-9(5-2)10(11)12/h4-7H,1-3H3/b7-6-,8-4-,9-5+. The number of hydrogen-bond acceptors (Lipinski definition) is 2. The summed E-state index contributed by atoms with van der Waals surface area (Å²) in [6.45, 7) is 5.43. The quantitative estimate of drug-likeness (QED) is 0.368. The van der Waals surface area contributed by atoms with Crippen molar-refractivity contribution in [3.8, 4) is 0 Å². The van der Waals surface area contributed by atoms with Crippen LogP contribution < -0.4 is 0 Å². The lowest BCUT2D eigenvalue weighted by Crippen LogP contribution is -1.94. The zero-order chi connectivity index (χ0) is 9.56. The fourth-order valence-corrected chi connectivity index (χ4v) is 0.576. The van der Waals surface area contributed by atoms with E-state index in [2.05, 4.69) is 0 Å². The average molecular weight is 167 g/mol. The van der Waals surface area contributed by atoms with Crippen molar-refractivity contribution >= 4 is 0 Å². The van der Waals surface area contributed by atoms with Gasteiger partial charge in [0.25, 0.3) is 5.70 Å². The summed E-state index contributed by atoms with van der Waals surface area (Å²) in [4.78, 5) is 9.89. The predicted octanol–water partition coefficient (Wildman–Crippen LogP) is 2.69. The van der Waals surface area contributed by atoms with Crippen LogP contribution >= 0.6 is 0 Å². The van der Waals surface area contributed by atoms with E-state index in [0.29, 0.717) is 0 Å². The number of nitrogens with zero attached hydrogens (tertiary/aromatic N) is 1. The largest absolute Gasteiger partial charge is 0.265 e. The van der Waals surface area contributed by atoms with Crippen LogP contribution in [-0.4, -0.2) is 4.92 Å². The molecule has 0 rings (SSSR count). The Balaban J connectivity index is 4.43. The van der Waals surface area contributed by atoms with Gasteiger partial charge in [-0.3, -0.25) is 10.1 Å². The Morgan fingerprint density at radius 3 is 2.17 bits per heavy atom. The van der Waals surface area contributed by atoms with E-state index in [9.17, 15) is 10.1 Å². The first kappa shape index (κ1) is 10.6. The van der Waals surface area contributed by atoms with Crippen LogP contribution in [0.15, 0.2) is 35.6 Å². The smallest absolute Gasteiger partial charge is 0.258 e. The predicted molar refractivity (Wildman–Crippen MR) is 49.3 cm³/mol. The highest BCUT2D eigenvalue weighted by atomic mass is 16.6. The lowest BCUT2D eigenvalue weighted by Gasteiger charge is -1.89. The molecule has 0 fully saturated rings. The molecule has 0 saturated heterocycles. The molecule has 3 nitrogen and oxygen atoms in total. The Morgan fingerprint density at radius 2 is 1.83 bits per heavy atom. The van der Waals surface area contributed by atoms with Gasteiger partial charge in [-0.05, 0) is 26.8 Å². The molecule has 0 amide bonds. The van der Waals surface area contributed by atoms with Crippen molar-refractivity contribution in [1.82, 2.24) is 0 Å². The van der Waals surface area contributed by atoms with Crippen LogP contribution in [0, 0.1) is 10.1 Å². The molecule has 3 heteroatoms. The van der Waals surface area contributed by atoms with Crippen molar-refractivity contribution in [3.05, 3.63) is 45.7 Å². The molecule has 0 heterocycles. The highest BCUT2D eigenvalue weighted by Crippen LogP contribution is 2.01. The maximum Gasteiger partial charge on any atom is 0.265 e. The van der Waals surface area contributed by atoms with Crippen LogP contribution in [0.4, 0.5) is 0 Å². The molecule has 0 aliphatic rings. The van der Waals surface area contributed by atoms with E-state index in [-0.39, 0.29) is 5.70 Å². The molecule has 0 aliphatic heterocycles. The maximum atomic E-state index is 10.3. The van der Waals surface area contributed by atoms with Gasteiger partial charge in [-0.1, -0.05) is 17.7 Å².